The number of rotatable bonds is 6. The number of imidazole rings is 1. The number of para-hydroxylation sites is 1. The van der Waals surface area contributed by atoms with Gasteiger partial charge in [0, 0.05) is 17.8 Å². The smallest absolute Gasteiger partial charge is 0.251 e. The molecule has 8 heteroatoms. The normalized spacial score (nSPS) is 11.5. The van der Waals surface area contributed by atoms with E-state index in [0.29, 0.717) is 18.5 Å². The van der Waals surface area contributed by atoms with Crippen molar-refractivity contribution in [1.82, 2.24) is 14.9 Å². The van der Waals surface area contributed by atoms with Gasteiger partial charge in [-0.2, -0.15) is 0 Å². The highest BCUT2D eigenvalue weighted by Gasteiger charge is 2.10. The number of nitrogens with zero attached hydrogens (tertiary/aromatic N) is 2. The van der Waals surface area contributed by atoms with Crippen LogP contribution in [0.15, 0.2) is 84.0 Å². The molecule has 0 aliphatic heterocycles. The molecule has 1 heterocycles. The zero-order chi connectivity index (χ0) is 21.1. The van der Waals surface area contributed by atoms with Gasteiger partial charge < -0.3 is 5.32 Å². The first-order valence-corrected chi connectivity index (χ1v) is 10.9. The Hall–Kier alpha value is -3.49. The lowest BCUT2D eigenvalue weighted by molar-refractivity contribution is 0.0954. The van der Waals surface area contributed by atoms with Gasteiger partial charge in [0.2, 0.25) is 10.0 Å². The van der Waals surface area contributed by atoms with Crippen molar-refractivity contribution in [2.24, 2.45) is 5.14 Å². The molecule has 0 saturated heterocycles. The zero-order valence-corrected chi connectivity index (χ0v) is 16.8. The van der Waals surface area contributed by atoms with Crippen LogP contribution in [0.4, 0.5) is 0 Å². The van der Waals surface area contributed by atoms with Gasteiger partial charge in [0.1, 0.15) is 6.33 Å². The second kappa shape index (κ2) is 8.10. The van der Waals surface area contributed by atoms with E-state index in [4.69, 9.17) is 5.14 Å². The summed E-state index contributed by atoms with van der Waals surface area (Å²) < 4.78 is 24.6. The topological polar surface area (TPSA) is 107 Å². The molecular formula is C22H20N4O3S. The molecule has 0 unspecified atom stereocenters. The van der Waals surface area contributed by atoms with Gasteiger partial charge in [-0.3, -0.25) is 9.36 Å². The van der Waals surface area contributed by atoms with E-state index < -0.39 is 10.0 Å². The summed E-state index contributed by atoms with van der Waals surface area (Å²) in [6.07, 6.45) is 2.31. The minimum absolute atomic E-state index is 0.0681. The average Bonchev–Trinajstić information content (AvgIpc) is 3.17. The van der Waals surface area contributed by atoms with E-state index in [-0.39, 0.29) is 10.8 Å². The fourth-order valence-electron chi connectivity index (χ4n) is 3.22. The van der Waals surface area contributed by atoms with E-state index in [1.807, 2.05) is 41.0 Å². The molecule has 0 radical (unpaired) electrons. The van der Waals surface area contributed by atoms with Gasteiger partial charge in [-0.15, -0.1) is 0 Å². The highest BCUT2D eigenvalue weighted by atomic mass is 32.2. The van der Waals surface area contributed by atoms with Crippen LogP contribution in [0.25, 0.3) is 16.7 Å². The van der Waals surface area contributed by atoms with Crippen LogP contribution in [0.5, 0.6) is 0 Å². The number of nitrogens with two attached hydrogens (primary N) is 1. The second-order valence-electron chi connectivity index (χ2n) is 6.85. The molecule has 152 valence electrons. The van der Waals surface area contributed by atoms with Crippen LogP contribution in [-0.2, 0) is 16.4 Å². The van der Waals surface area contributed by atoms with Crippen LogP contribution in [0.2, 0.25) is 0 Å². The molecular weight excluding hydrogens is 400 g/mol. The fraction of sp³-hybridized carbons (Fsp3) is 0.0909. The summed E-state index contributed by atoms with van der Waals surface area (Å²) in [7, 11) is -3.70. The number of benzene rings is 3. The van der Waals surface area contributed by atoms with Crippen molar-refractivity contribution in [1.29, 1.82) is 0 Å². The number of carbonyl (C=O) groups is 1. The Kier molecular flexibility index (Phi) is 5.35. The summed E-state index contributed by atoms with van der Waals surface area (Å²) in [5, 5.41) is 7.97. The molecule has 0 spiro atoms. The maximum absolute atomic E-state index is 12.5. The Bertz CT molecular complexity index is 1300. The number of primary sulfonamides is 1. The summed E-state index contributed by atoms with van der Waals surface area (Å²) in [6, 6.07) is 21.6. The lowest BCUT2D eigenvalue weighted by atomic mass is 10.1. The van der Waals surface area contributed by atoms with E-state index in [9.17, 15) is 13.2 Å². The minimum Gasteiger partial charge on any atom is -0.352 e. The fourth-order valence-corrected chi connectivity index (χ4v) is 3.73. The standard InChI is InChI=1S/C22H20N4O3S/c23-30(28,29)19-9-6-16(7-10-19)12-13-24-22(27)17-8-11-21-20(14-17)25-15-26(21)18-4-2-1-3-5-18/h1-11,14-15H,12-13H2,(H,24,27)(H2,23,28,29). The van der Waals surface area contributed by atoms with Gasteiger partial charge in [0.15, 0.2) is 0 Å². The van der Waals surface area contributed by atoms with E-state index in [1.165, 1.54) is 12.1 Å². The van der Waals surface area contributed by atoms with Crippen molar-refractivity contribution >= 4 is 27.0 Å². The number of fused-ring (bicyclic) bond motifs is 1. The van der Waals surface area contributed by atoms with Crippen molar-refractivity contribution in [3.8, 4) is 5.69 Å². The van der Waals surface area contributed by atoms with Crippen molar-refractivity contribution in [2.75, 3.05) is 6.54 Å². The van der Waals surface area contributed by atoms with Gasteiger partial charge in [-0.25, -0.2) is 18.5 Å². The molecule has 0 aliphatic carbocycles. The molecule has 0 atom stereocenters. The van der Waals surface area contributed by atoms with Crippen molar-refractivity contribution in [2.45, 2.75) is 11.3 Å². The predicted molar refractivity (Wildman–Crippen MR) is 115 cm³/mol. The third-order valence-corrected chi connectivity index (χ3v) is 5.72. The number of hydrogen-bond acceptors (Lipinski definition) is 4. The number of aromatic nitrogens is 2. The Morgan fingerprint density at radius 2 is 1.73 bits per heavy atom. The molecule has 0 aliphatic rings. The van der Waals surface area contributed by atoms with E-state index in [0.717, 1.165) is 22.3 Å². The Balaban J connectivity index is 1.41. The monoisotopic (exact) mass is 420 g/mol. The number of sulfonamides is 1. The first-order valence-electron chi connectivity index (χ1n) is 9.34. The molecule has 4 aromatic rings. The van der Waals surface area contributed by atoms with E-state index in [2.05, 4.69) is 10.3 Å². The second-order valence-corrected chi connectivity index (χ2v) is 8.41. The zero-order valence-electron chi connectivity index (χ0n) is 16.0. The summed E-state index contributed by atoms with van der Waals surface area (Å²) >= 11 is 0. The van der Waals surface area contributed by atoms with E-state index in [1.54, 1.807) is 30.6 Å². The highest BCUT2D eigenvalue weighted by Crippen LogP contribution is 2.19. The minimum atomic E-state index is -3.70. The SMILES string of the molecule is NS(=O)(=O)c1ccc(CCNC(=O)c2ccc3c(c2)ncn3-c2ccccc2)cc1. The third-order valence-electron chi connectivity index (χ3n) is 4.79. The molecule has 0 bridgehead atoms. The van der Waals surface area contributed by atoms with Gasteiger partial charge >= 0.3 is 0 Å². The summed E-state index contributed by atoms with van der Waals surface area (Å²) in [5.41, 5.74) is 4.11. The molecule has 30 heavy (non-hydrogen) atoms. The van der Waals surface area contributed by atoms with Gasteiger partial charge in [0.05, 0.1) is 15.9 Å². The molecule has 1 aromatic heterocycles. The van der Waals surface area contributed by atoms with Gasteiger partial charge in [0.25, 0.3) is 5.91 Å². The predicted octanol–water partition coefficient (Wildman–Crippen LogP) is 2.65. The number of amides is 1. The maximum atomic E-state index is 12.5. The molecule has 0 fully saturated rings. The first kappa shape index (κ1) is 19.8. The molecule has 4 rings (SSSR count). The number of hydrogen-bond donors (Lipinski definition) is 2. The van der Waals surface area contributed by atoms with Crippen LogP contribution in [0, 0.1) is 0 Å². The summed E-state index contributed by atoms with van der Waals surface area (Å²) in [4.78, 5) is 17.0. The van der Waals surface area contributed by atoms with Gasteiger partial charge in [-0.05, 0) is 54.4 Å². The lowest BCUT2D eigenvalue weighted by Gasteiger charge is -2.07. The first-order chi connectivity index (χ1) is 14.4. The molecule has 0 saturated carbocycles. The van der Waals surface area contributed by atoms with E-state index >= 15 is 0 Å². The molecule has 1 amide bonds. The van der Waals surface area contributed by atoms with Crippen LogP contribution >= 0.6 is 0 Å². The summed E-state index contributed by atoms with van der Waals surface area (Å²) in [5.74, 6) is -0.188. The summed E-state index contributed by atoms with van der Waals surface area (Å²) in [6.45, 7) is 0.421. The Labute approximate surface area is 174 Å². The molecule has 3 N–H and O–H groups in total. The number of nitrogens with one attached hydrogen (secondary N) is 1. The van der Waals surface area contributed by atoms with Crippen molar-refractivity contribution < 1.29 is 13.2 Å². The van der Waals surface area contributed by atoms with Crippen LogP contribution in [0.3, 0.4) is 0 Å². The van der Waals surface area contributed by atoms with Crippen molar-refractivity contribution in [3.63, 3.8) is 0 Å². The van der Waals surface area contributed by atoms with Crippen LogP contribution < -0.4 is 10.5 Å². The van der Waals surface area contributed by atoms with Crippen LogP contribution in [-0.4, -0.2) is 30.4 Å². The Morgan fingerprint density at radius 1 is 1.00 bits per heavy atom. The Morgan fingerprint density at radius 3 is 2.43 bits per heavy atom. The average molecular weight is 420 g/mol. The highest BCUT2D eigenvalue weighted by molar-refractivity contribution is 7.89. The van der Waals surface area contributed by atoms with Gasteiger partial charge in [-0.1, -0.05) is 30.3 Å². The molecule has 7 nitrogen and oxygen atoms in total. The number of carbonyl (C=O) groups excluding carboxylic acids is 1. The maximum Gasteiger partial charge on any atom is 0.251 e. The van der Waals surface area contributed by atoms with Crippen molar-refractivity contribution in [3.05, 3.63) is 90.3 Å². The quantitative estimate of drug-likeness (QED) is 0.500. The lowest BCUT2D eigenvalue weighted by Crippen LogP contribution is -2.25. The molecule has 3 aromatic carbocycles. The third kappa shape index (κ3) is 4.24. The van der Waals surface area contributed by atoms with Crippen LogP contribution in [0.1, 0.15) is 15.9 Å². The largest absolute Gasteiger partial charge is 0.352 e.